The number of rotatable bonds is 7. The molecule has 204 valence electrons. The maximum atomic E-state index is 12.7. The molecule has 0 spiro atoms. The maximum absolute atomic E-state index is 12.7. The van der Waals surface area contributed by atoms with Crippen LogP contribution in [0.1, 0.15) is 10.4 Å². The van der Waals surface area contributed by atoms with E-state index in [-0.39, 0.29) is 48.2 Å². The van der Waals surface area contributed by atoms with Crippen LogP contribution in [0.25, 0.3) is 10.9 Å². The second-order valence-electron chi connectivity index (χ2n) is 8.21. The van der Waals surface area contributed by atoms with Crippen LogP contribution in [0.5, 0.6) is 0 Å². The van der Waals surface area contributed by atoms with Crippen molar-refractivity contribution < 1.29 is 9.72 Å². The molecule has 1 amide bonds. The molecule has 12 nitrogen and oxygen atoms in total. The number of nitro groups is 1. The van der Waals surface area contributed by atoms with Gasteiger partial charge < -0.3 is 27.4 Å². The van der Waals surface area contributed by atoms with Crippen LogP contribution in [0.2, 0.25) is 0 Å². The van der Waals surface area contributed by atoms with Gasteiger partial charge in [0.25, 0.3) is 11.6 Å². The number of hydrogen-bond acceptors (Lipinski definition) is 10. The Morgan fingerprint density at radius 3 is 2.12 bits per heavy atom. The molecule has 40 heavy (non-hydrogen) atoms. The van der Waals surface area contributed by atoms with Crippen LogP contribution in [0.3, 0.4) is 0 Å². The molecular weight excluding hydrogens is 557 g/mol. The lowest BCUT2D eigenvalue weighted by Crippen LogP contribution is -2.11. The first-order valence-corrected chi connectivity index (χ1v) is 11.3. The number of nitrogens with zero attached hydrogens (tertiary/aromatic N) is 4. The fraction of sp³-hybridized carbons (Fsp3) is 0. The minimum absolute atomic E-state index is 0. The molecule has 7 N–H and O–H groups in total. The van der Waals surface area contributed by atoms with Gasteiger partial charge in [-0.15, -0.1) is 24.8 Å². The second kappa shape index (κ2) is 12.6. The quantitative estimate of drug-likeness (QED) is 0.118. The van der Waals surface area contributed by atoms with Crippen molar-refractivity contribution in [2.75, 3.05) is 27.4 Å². The van der Waals surface area contributed by atoms with Crippen LogP contribution in [0.15, 0.2) is 85.1 Å². The van der Waals surface area contributed by atoms with Crippen molar-refractivity contribution in [1.29, 1.82) is 0 Å². The number of halogens is 2. The number of non-ortho nitro benzene ring substituents is 1. The molecule has 2 heterocycles. The van der Waals surface area contributed by atoms with E-state index >= 15 is 0 Å². The zero-order valence-corrected chi connectivity index (χ0v) is 22.2. The van der Waals surface area contributed by atoms with E-state index in [9.17, 15) is 14.9 Å². The molecule has 14 heteroatoms. The third kappa shape index (κ3) is 6.81. The minimum atomic E-state index is -0.442. The third-order valence-electron chi connectivity index (χ3n) is 5.54. The van der Waals surface area contributed by atoms with Crippen LogP contribution >= 0.6 is 24.8 Å². The standard InChI is InChI=1S/C26H21N9O3.2ClH/c27-23-14-24(34-26(28)33-23)31-17-3-1-15(2-4-17)25(36)32-18-7-5-16(6-8-18)30-22-11-12-29-21-10-9-19(35(37)38)13-20(21)22;;/h1-14H,(H,29,30)(H,32,36)(H5,27,28,31,33,34);2*1H. The smallest absolute Gasteiger partial charge is 0.270 e. The van der Waals surface area contributed by atoms with Crippen LogP contribution < -0.4 is 27.4 Å². The molecule has 5 aromatic rings. The molecule has 0 aliphatic carbocycles. The van der Waals surface area contributed by atoms with Crippen LogP contribution in [0.4, 0.5) is 46.0 Å². The van der Waals surface area contributed by atoms with Gasteiger partial charge in [0, 0.05) is 58.1 Å². The number of fused-ring (bicyclic) bond motifs is 1. The number of aromatic nitrogens is 3. The summed E-state index contributed by atoms with van der Waals surface area (Å²) in [5.74, 6) is 0.470. The van der Waals surface area contributed by atoms with Gasteiger partial charge in [-0.3, -0.25) is 19.9 Å². The summed E-state index contributed by atoms with van der Waals surface area (Å²) in [4.78, 5) is 35.6. The number of anilines is 7. The molecule has 2 aromatic heterocycles. The molecule has 0 aliphatic rings. The number of hydrogen-bond donors (Lipinski definition) is 5. The predicted octanol–water partition coefficient (Wildman–Crippen LogP) is 5.68. The largest absolute Gasteiger partial charge is 0.383 e. The summed E-state index contributed by atoms with van der Waals surface area (Å²) in [7, 11) is 0. The van der Waals surface area contributed by atoms with E-state index in [0.29, 0.717) is 39.3 Å². The van der Waals surface area contributed by atoms with Gasteiger partial charge in [-0.05, 0) is 60.7 Å². The number of carbonyl (C=O) groups excluding carboxylic acids is 1. The molecule has 0 bridgehead atoms. The highest BCUT2D eigenvalue weighted by Crippen LogP contribution is 2.29. The van der Waals surface area contributed by atoms with E-state index < -0.39 is 4.92 Å². The van der Waals surface area contributed by atoms with Gasteiger partial charge in [-0.25, -0.2) is 0 Å². The average Bonchev–Trinajstić information content (AvgIpc) is 2.89. The molecular formula is C26H23Cl2N9O3. The molecule has 0 saturated carbocycles. The van der Waals surface area contributed by atoms with Gasteiger partial charge in [0.05, 0.1) is 10.4 Å². The van der Waals surface area contributed by atoms with E-state index in [1.165, 1.54) is 12.1 Å². The van der Waals surface area contributed by atoms with Crippen molar-refractivity contribution in [3.8, 4) is 0 Å². The summed E-state index contributed by atoms with van der Waals surface area (Å²) in [6.45, 7) is 0. The highest BCUT2D eigenvalue weighted by atomic mass is 35.5. The van der Waals surface area contributed by atoms with Crippen molar-refractivity contribution in [3.05, 3.63) is 101 Å². The van der Waals surface area contributed by atoms with Gasteiger partial charge in [0.1, 0.15) is 11.6 Å². The van der Waals surface area contributed by atoms with Crippen molar-refractivity contribution in [1.82, 2.24) is 15.0 Å². The lowest BCUT2D eigenvalue weighted by Gasteiger charge is -2.11. The SMILES string of the molecule is Cl.Cl.Nc1cc(Nc2ccc(C(=O)Nc3ccc(Nc4ccnc5ccc([N+](=O)[O-])cc45)cc3)cc2)nc(N)n1. The zero-order chi connectivity index (χ0) is 26.6. The van der Waals surface area contributed by atoms with E-state index in [2.05, 4.69) is 30.9 Å². The third-order valence-corrected chi connectivity index (χ3v) is 5.54. The topological polar surface area (TPSA) is 187 Å². The zero-order valence-electron chi connectivity index (χ0n) is 20.6. The van der Waals surface area contributed by atoms with E-state index in [1.807, 2.05) is 0 Å². The molecule has 0 atom stereocenters. The molecule has 3 aromatic carbocycles. The first-order chi connectivity index (χ1) is 18.3. The lowest BCUT2D eigenvalue weighted by atomic mass is 10.1. The van der Waals surface area contributed by atoms with E-state index in [0.717, 1.165) is 5.69 Å². The number of pyridine rings is 1. The molecule has 0 unspecified atom stereocenters. The van der Waals surface area contributed by atoms with Gasteiger partial charge >= 0.3 is 0 Å². The van der Waals surface area contributed by atoms with Gasteiger partial charge in [0.15, 0.2) is 0 Å². The number of nitrogens with one attached hydrogen (secondary N) is 3. The van der Waals surface area contributed by atoms with Crippen LogP contribution in [-0.2, 0) is 0 Å². The average molecular weight is 580 g/mol. The molecule has 0 radical (unpaired) electrons. The summed E-state index contributed by atoms with van der Waals surface area (Å²) in [6, 6.07) is 21.7. The molecule has 5 rings (SSSR count). The van der Waals surface area contributed by atoms with Crippen LogP contribution in [0, 0.1) is 10.1 Å². The normalized spacial score (nSPS) is 10.1. The second-order valence-corrected chi connectivity index (χ2v) is 8.21. The Kier molecular flexibility index (Phi) is 9.22. The minimum Gasteiger partial charge on any atom is -0.383 e. The highest BCUT2D eigenvalue weighted by Gasteiger charge is 2.11. The summed E-state index contributed by atoms with van der Waals surface area (Å²) in [5.41, 5.74) is 15.1. The monoisotopic (exact) mass is 579 g/mol. The molecule has 0 saturated heterocycles. The maximum Gasteiger partial charge on any atom is 0.270 e. The first-order valence-electron chi connectivity index (χ1n) is 11.3. The van der Waals surface area contributed by atoms with Gasteiger partial charge in [-0.1, -0.05) is 0 Å². The number of nitro benzene ring substituents is 1. The highest BCUT2D eigenvalue weighted by molar-refractivity contribution is 6.04. The Morgan fingerprint density at radius 1 is 0.800 bits per heavy atom. The summed E-state index contributed by atoms with van der Waals surface area (Å²) in [5, 5.41) is 21.0. The van der Waals surface area contributed by atoms with Gasteiger partial charge in [-0.2, -0.15) is 9.97 Å². The first kappa shape index (κ1) is 29.4. The Hall–Kier alpha value is -5.20. The van der Waals surface area contributed by atoms with Gasteiger partial charge in [0.2, 0.25) is 5.95 Å². The fourth-order valence-corrected chi connectivity index (χ4v) is 3.75. The van der Waals surface area contributed by atoms with Crippen molar-refractivity contribution in [2.24, 2.45) is 0 Å². The number of amides is 1. The number of nitrogens with two attached hydrogens (primary N) is 2. The molecule has 0 fully saturated rings. The van der Waals surface area contributed by atoms with E-state index in [4.69, 9.17) is 11.5 Å². The van der Waals surface area contributed by atoms with E-state index in [1.54, 1.807) is 72.9 Å². The van der Waals surface area contributed by atoms with Crippen molar-refractivity contribution in [2.45, 2.75) is 0 Å². The summed E-state index contributed by atoms with van der Waals surface area (Å²) >= 11 is 0. The fourth-order valence-electron chi connectivity index (χ4n) is 3.75. The number of benzene rings is 3. The summed E-state index contributed by atoms with van der Waals surface area (Å²) in [6.07, 6.45) is 1.63. The Balaban J connectivity index is 0.00000220. The number of nitrogen functional groups attached to an aromatic ring is 2. The molecule has 0 aliphatic heterocycles. The predicted molar refractivity (Wildman–Crippen MR) is 161 cm³/mol. The van der Waals surface area contributed by atoms with Crippen LogP contribution in [-0.4, -0.2) is 25.8 Å². The summed E-state index contributed by atoms with van der Waals surface area (Å²) < 4.78 is 0. The number of carbonyl (C=O) groups is 1. The lowest BCUT2D eigenvalue weighted by molar-refractivity contribution is -0.384. The Morgan fingerprint density at radius 2 is 1.45 bits per heavy atom. The Labute approximate surface area is 240 Å². The Bertz CT molecular complexity index is 1650. The van der Waals surface area contributed by atoms with Crippen molar-refractivity contribution >= 4 is 87.6 Å². The van der Waals surface area contributed by atoms with Crippen molar-refractivity contribution in [3.63, 3.8) is 0 Å².